The fourth-order valence-corrected chi connectivity index (χ4v) is 3.21. The molecule has 6 heteroatoms. The first-order valence-electron chi connectivity index (χ1n) is 7.63. The highest BCUT2D eigenvalue weighted by Gasteiger charge is 2.36. The van der Waals surface area contributed by atoms with Crippen LogP contribution in [0.4, 0.5) is 0 Å². The van der Waals surface area contributed by atoms with Gasteiger partial charge in [0.05, 0.1) is 12.6 Å². The molecule has 1 amide bonds. The summed E-state index contributed by atoms with van der Waals surface area (Å²) in [6.45, 7) is 3.44. The normalized spacial score (nSPS) is 27.1. The van der Waals surface area contributed by atoms with Crippen molar-refractivity contribution in [1.29, 1.82) is 0 Å². The van der Waals surface area contributed by atoms with E-state index in [1.54, 1.807) is 18.5 Å². The minimum absolute atomic E-state index is 0.0748. The van der Waals surface area contributed by atoms with Gasteiger partial charge in [-0.1, -0.05) is 0 Å². The first-order valence-corrected chi connectivity index (χ1v) is 7.63. The van der Waals surface area contributed by atoms with Gasteiger partial charge in [0.15, 0.2) is 0 Å². The molecule has 2 saturated heterocycles. The van der Waals surface area contributed by atoms with E-state index in [2.05, 4.69) is 14.9 Å². The third-order valence-electron chi connectivity index (χ3n) is 4.38. The number of amides is 1. The van der Waals surface area contributed by atoms with Crippen LogP contribution in [0.15, 0.2) is 18.5 Å². The third kappa shape index (κ3) is 3.32. The number of nitrogens with zero attached hydrogens (tertiary/aromatic N) is 4. The van der Waals surface area contributed by atoms with E-state index in [9.17, 15) is 4.79 Å². The molecule has 0 spiro atoms. The molecule has 114 valence electrons. The Morgan fingerprint density at radius 1 is 1.29 bits per heavy atom. The van der Waals surface area contributed by atoms with E-state index in [1.807, 2.05) is 11.9 Å². The maximum Gasteiger partial charge on any atom is 0.316 e. The van der Waals surface area contributed by atoms with Crippen molar-refractivity contribution in [1.82, 2.24) is 19.8 Å². The van der Waals surface area contributed by atoms with Crippen LogP contribution in [0.25, 0.3) is 0 Å². The van der Waals surface area contributed by atoms with Crippen LogP contribution in [0, 0.1) is 5.92 Å². The SMILES string of the molecule is CN1CCC(N2CCCC(COc3ncccn3)C2)C1=O. The molecule has 1 aromatic rings. The lowest BCUT2D eigenvalue weighted by molar-refractivity contribution is -0.131. The Morgan fingerprint density at radius 2 is 2.10 bits per heavy atom. The lowest BCUT2D eigenvalue weighted by Gasteiger charge is -2.35. The van der Waals surface area contributed by atoms with Gasteiger partial charge in [0.25, 0.3) is 0 Å². The number of hydrogen-bond donors (Lipinski definition) is 0. The fourth-order valence-electron chi connectivity index (χ4n) is 3.21. The number of ether oxygens (including phenoxy) is 1. The highest BCUT2D eigenvalue weighted by Crippen LogP contribution is 2.23. The molecule has 0 saturated carbocycles. The van der Waals surface area contributed by atoms with Crippen molar-refractivity contribution in [2.45, 2.75) is 25.3 Å². The van der Waals surface area contributed by atoms with Crippen LogP contribution in [-0.2, 0) is 4.79 Å². The van der Waals surface area contributed by atoms with Gasteiger partial charge in [-0.2, -0.15) is 0 Å². The van der Waals surface area contributed by atoms with Gasteiger partial charge >= 0.3 is 6.01 Å². The van der Waals surface area contributed by atoms with Gasteiger partial charge in [-0.15, -0.1) is 0 Å². The molecule has 0 radical (unpaired) electrons. The standard InChI is InChI=1S/C15H22N4O2/c1-18-9-5-13(14(18)20)19-8-2-4-12(10-19)11-21-15-16-6-3-7-17-15/h3,6-7,12-13H,2,4-5,8-11H2,1H3. The molecule has 3 heterocycles. The summed E-state index contributed by atoms with van der Waals surface area (Å²) in [7, 11) is 1.89. The lowest BCUT2D eigenvalue weighted by Crippen LogP contribution is -2.47. The summed E-state index contributed by atoms with van der Waals surface area (Å²) < 4.78 is 5.66. The zero-order chi connectivity index (χ0) is 14.7. The van der Waals surface area contributed by atoms with Crippen molar-refractivity contribution in [3.8, 4) is 6.01 Å². The summed E-state index contributed by atoms with van der Waals surface area (Å²) in [5, 5.41) is 0. The molecular weight excluding hydrogens is 268 g/mol. The molecule has 0 aromatic carbocycles. The van der Waals surface area contributed by atoms with E-state index in [-0.39, 0.29) is 11.9 Å². The van der Waals surface area contributed by atoms with Crippen LogP contribution < -0.4 is 4.74 Å². The summed E-state index contributed by atoms with van der Waals surface area (Å²) in [5.41, 5.74) is 0. The highest BCUT2D eigenvalue weighted by molar-refractivity contribution is 5.83. The Balaban J connectivity index is 1.53. The van der Waals surface area contributed by atoms with Crippen molar-refractivity contribution < 1.29 is 9.53 Å². The average Bonchev–Trinajstić information content (AvgIpc) is 2.86. The number of rotatable bonds is 4. The van der Waals surface area contributed by atoms with Crippen LogP contribution >= 0.6 is 0 Å². The van der Waals surface area contributed by atoms with Crippen molar-refractivity contribution in [3.63, 3.8) is 0 Å². The monoisotopic (exact) mass is 290 g/mol. The second-order valence-corrected chi connectivity index (χ2v) is 5.91. The summed E-state index contributed by atoms with van der Waals surface area (Å²) in [4.78, 5) is 24.4. The first-order chi connectivity index (χ1) is 10.2. The smallest absolute Gasteiger partial charge is 0.316 e. The molecule has 0 N–H and O–H groups in total. The van der Waals surface area contributed by atoms with Gasteiger partial charge in [0.1, 0.15) is 0 Å². The predicted octanol–water partition coefficient (Wildman–Crippen LogP) is 0.798. The summed E-state index contributed by atoms with van der Waals surface area (Å²) in [6, 6.07) is 2.29. The van der Waals surface area contributed by atoms with Crippen molar-refractivity contribution >= 4 is 5.91 Å². The van der Waals surface area contributed by atoms with Gasteiger partial charge in [-0.25, -0.2) is 9.97 Å². The second-order valence-electron chi connectivity index (χ2n) is 5.91. The van der Waals surface area contributed by atoms with Crippen LogP contribution in [0.2, 0.25) is 0 Å². The number of piperidine rings is 1. The van der Waals surface area contributed by atoms with Gasteiger partial charge in [0, 0.05) is 38.4 Å². The fraction of sp³-hybridized carbons (Fsp3) is 0.667. The maximum atomic E-state index is 12.1. The minimum atomic E-state index is 0.0748. The lowest BCUT2D eigenvalue weighted by atomic mass is 9.97. The van der Waals surface area contributed by atoms with E-state index < -0.39 is 0 Å². The number of carbonyl (C=O) groups excluding carboxylic acids is 1. The van der Waals surface area contributed by atoms with E-state index in [0.29, 0.717) is 18.5 Å². The van der Waals surface area contributed by atoms with Gasteiger partial charge < -0.3 is 9.64 Å². The Kier molecular flexibility index (Phi) is 4.34. The molecule has 21 heavy (non-hydrogen) atoms. The second kappa shape index (κ2) is 6.39. The van der Waals surface area contributed by atoms with Crippen LogP contribution in [-0.4, -0.2) is 65.0 Å². The zero-order valence-electron chi connectivity index (χ0n) is 12.4. The van der Waals surface area contributed by atoms with Crippen molar-refractivity contribution in [3.05, 3.63) is 18.5 Å². The molecule has 0 bridgehead atoms. The molecule has 2 unspecified atom stereocenters. The Bertz CT molecular complexity index is 482. The van der Waals surface area contributed by atoms with Crippen LogP contribution in [0.1, 0.15) is 19.3 Å². The number of hydrogen-bond acceptors (Lipinski definition) is 5. The van der Waals surface area contributed by atoms with Gasteiger partial charge in [-0.3, -0.25) is 9.69 Å². The van der Waals surface area contributed by atoms with Crippen molar-refractivity contribution in [2.75, 3.05) is 33.3 Å². The predicted molar refractivity (Wildman–Crippen MR) is 77.9 cm³/mol. The Labute approximate surface area is 125 Å². The average molecular weight is 290 g/mol. The van der Waals surface area contributed by atoms with E-state index in [4.69, 9.17) is 4.74 Å². The third-order valence-corrected chi connectivity index (χ3v) is 4.38. The number of carbonyl (C=O) groups is 1. The molecule has 2 aliphatic heterocycles. The van der Waals surface area contributed by atoms with Crippen LogP contribution in [0.5, 0.6) is 6.01 Å². The maximum absolute atomic E-state index is 12.1. The number of likely N-dealkylation sites (tertiary alicyclic amines) is 2. The number of aromatic nitrogens is 2. The molecule has 2 fully saturated rings. The molecule has 1 aromatic heterocycles. The molecular formula is C15H22N4O2. The minimum Gasteiger partial charge on any atom is -0.463 e. The van der Waals surface area contributed by atoms with Gasteiger partial charge in [-0.05, 0) is 31.9 Å². The zero-order valence-corrected chi connectivity index (χ0v) is 12.4. The largest absolute Gasteiger partial charge is 0.463 e. The quantitative estimate of drug-likeness (QED) is 0.821. The van der Waals surface area contributed by atoms with E-state index in [1.165, 1.54) is 0 Å². The Morgan fingerprint density at radius 3 is 2.81 bits per heavy atom. The topological polar surface area (TPSA) is 58.6 Å². The summed E-state index contributed by atoms with van der Waals surface area (Å²) in [5.74, 6) is 0.712. The molecule has 2 aliphatic rings. The molecule has 3 rings (SSSR count). The van der Waals surface area contributed by atoms with Gasteiger partial charge in [0.2, 0.25) is 5.91 Å². The van der Waals surface area contributed by atoms with E-state index >= 15 is 0 Å². The number of likely N-dealkylation sites (N-methyl/N-ethyl adjacent to an activating group) is 1. The van der Waals surface area contributed by atoms with E-state index in [0.717, 1.165) is 38.9 Å². The molecule has 2 atom stereocenters. The first kappa shape index (κ1) is 14.3. The summed E-state index contributed by atoms with van der Waals surface area (Å²) in [6.07, 6.45) is 6.58. The summed E-state index contributed by atoms with van der Waals surface area (Å²) >= 11 is 0. The highest BCUT2D eigenvalue weighted by atomic mass is 16.5. The Hall–Kier alpha value is -1.69. The van der Waals surface area contributed by atoms with Crippen molar-refractivity contribution in [2.24, 2.45) is 5.92 Å². The molecule has 0 aliphatic carbocycles. The van der Waals surface area contributed by atoms with Crippen LogP contribution in [0.3, 0.4) is 0 Å². The molecule has 6 nitrogen and oxygen atoms in total.